The van der Waals surface area contributed by atoms with Crippen molar-refractivity contribution >= 4 is 33.0 Å². The summed E-state index contributed by atoms with van der Waals surface area (Å²) in [6.07, 6.45) is 0.832. The molecule has 7 heteroatoms. The van der Waals surface area contributed by atoms with Crippen LogP contribution in [-0.2, 0) is 10.0 Å². The maximum absolute atomic E-state index is 11.8. The largest absolute Gasteiger partial charge is 0.390 e. The topological polar surface area (TPSA) is 78.4 Å². The number of alkyl halides is 1. The normalized spacial score (nSPS) is 16.9. The first kappa shape index (κ1) is 14.4. The molecule has 0 spiro atoms. The van der Waals surface area contributed by atoms with E-state index in [1.807, 2.05) is 0 Å². The molecule has 1 aromatic rings. The van der Waals surface area contributed by atoms with Crippen LogP contribution in [0.5, 0.6) is 0 Å². The number of hydrogen-bond acceptors (Lipinski definition) is 4. The van der Waals surface area contributed by atoms with Crippen LogP contribution in [0.3, 0.4) is 0 Å². The van der Waals surface area contributed by atoms with Crippen molar-refractivity contribution in [1.29, 1.82) is 0 Å². The standard InChI is InChI=1S/C12H17ClN2O3S/c13-7-11(16)8-14-9-2-1-3-10(6-9)15-19(17,18)12-4-5-12/h1-3,6,11-12,14-16H,4-5,7-8H2. The van der Waals surface area contributed by atoms with Crippen molar-refractivity contribution in [3.63, 3.8) is 0 Å². The van der Waals surface area contributed by atoms with Crippen LogP contribution in [0, 0.1) is 0 Å². The van der Waals surface area contributed by atoms with Crippen molar-refractivity contribution in [3.05, 3.63) is 24.3 Å². The molecule has 3 N–H and O–H groups in total. The molecule has 19 heavy (non-hydrogen) atoms. The Morgan fingerprint density at radius 1 is 1.37 bits per heavy atom. The predicted molar refractivity (Wildman–Crippen MR) is 77.2 cm³/mol. The van der Waals surface area contributed by atoms with Gasteiger partial charge in [0.2, 0.25) is 10.0 Å². The number of benzene rings is 1. The highest BCUT2D eigenvalue weighted by Gasteiger charge is 2.35. The lowest BCUT2D eigenvalue weighted by molar-refractivity contribution is 0.211. The molecule has 0 amide bonds. The van der Waals surface area contributed by atoms with Crippen LogP contribution in [-0.4, -0.2) is 37.3 Å². The van der Waals surface area contributed by atoms with Crippen molar-refractivity contribution < 1.29 is 13.5 Å². The van der Waals surface area contributed by atoms with Gasteiger partial charge < -0.3 is 10.4 Å². The van der Waals surface area contributed by atoms with Gasteiger partial charge in [0.15, 0.2) is 0 Å². The zero-order valence-corrected chi connectivity index (χ0v) is 11.9. The SMILES string of the molecule is O=S(=O)(Nc1cccc(NCC(O)CCl)c1)C1CC1. The van der Waals surface area contributed by atoms with E-state index in [0.29, 0.717) is 12.2 Å². The van der Waals surface area contributed by atoms with Gasteiger partial charge in [-0.1, -0.05) is 6.07 Å². The second-order valence-corrected chi connectivity index (χ2v) is 6.89. The average Bonchev–Trinajstić information content (AvgIpc) is 3.20. The Bertz CT molecular complexity index is 532. The molecule has 0 aliphatic heterocycles. The summed E-state index contributed by atoms with van der Waals surface area (Å²) in [5.41, 5.74) is 1.26. The van der Waals surface area contributed by atoms with Gasteiger partial charge in [-0.3, -0.25) is 4.72 Å². The molecule has 0 bridgehead atoms. The van der Waals surface area contributed by atoms with Crippen LogP contribution in [0.4, 0.5) is 11.4 Å². The quantitative estimate of drug-likeness (QED) is 0.669. The minimum atomic E-state index is -3.24. The Kier molecular flexibility index (Phi) is 4.54. The molecule has 1 saturated carbocycles. The fourth-order valence-electron chi connectivity index (χ4n) is 1.61. The number of aliphatic hydroxyl groups excluding tert-OH is 1. The first-order chi connectivity index (χ1) is 9.01. The third-order valence-corrected chi connectivity index (χ3v) is 5.03. The number of nitrogens with one attached hydrogen (secondary N) is 2. The lowest BCUT2D eigenvalue weighted by atomic mass is 10.2. The summed E-state index contributed by atoms with van der Waals surface area (Å²) >= 11 is 5.50. The molecule has 0 radical (unpaired) electrons. The summed E-state index contributed by atoms with van der Waals surface area (Å²) in [5.74, 6) is 0.154. The van der Waals surface area contributed by atoms with Gasteiger partial charge in [0.05, 0.1) is 22.9 Å². The van der Waals surface area contributed by atoms with E-state index in [2.05, 4.69) is 10.0 Å². The summed E-state index contributed by atoms with van der Waals surface area (Å²) in [7, 11) is -3.24. The third-order valence-electron chi connectivity index (χ3n) is 2.81. The molecular weight excluding hydrogens is 288 g/mol. The van der Waals surface area contributed by atoms with Crippen LogP contribution >= 0.6 is 11.6 Å². The zero-order chi connectivity index (χ0) is 13.9. The maximum Gasteiger partial charge on any atom is 0.235 e. The molecule has 5 nitrogen and oxygen atoms in total. The number of sulfonamides is 1. The molecule has 1 fully saturated rings. The van der Waals surface area contributed by atoms with Gasteiger partial charge >= 0.3 is 0 Å². The number of halogens is 1. The molecule has 1 aromatic carbocycles. The fourth-order valence-corrected chi connectivity index (χ4v) is 3.10. The highest BCUT2D eigenvalue weighted by atomic mass is 35.5. The van der Waals surface area contributed by atoms with Gasteiger partial charge in [0, 0.05) is 12.2 Å². The highest BCUT2D eigenvalue weighted by Crippen LogP contribution is 2.30. The van der Waals surface area contributed by atoms with Crippen molar-refractivity contribution in [3.8, 4) is 0 Å². The molecule has 0 saturated heterocycles. The number of rotatable bonds is 7. The Hall–Kier alpha value is -0.980. The van der Waals surface area contributed by atoms with Crippen LogP contribution in [0.1, 0.15) is 12.8 Å². The Balaban J connectivity index is 1.98. The first-order valence-corrected chi connectivity index (χ1v) is 8.19. The van der Waals surface area contributed by atoms with Gasteiger partial charge in [-0.25, -0.2) is 8.42 Å². The number of anilines is 2. The number of aliphatic hydroxyl groups is 1. The Morgan fingerprint density at radius 3 is 2.68 bits per heavy atom. The average molecular weight is 305 g/mol. The fraction of sp³-hybridized carbons (Fsp3) is 0.500. The van der Waals surface area contributed by atoms with Crippen molar-refractivity contribution in [2.24, 2.45) is 0 Å². The van der Waals surface area contributed by atoms with E-state index >= 15 is 0 Å². The van der Waals surface area contributed by atoms with E-state index < -0.39 is 16.1 Å². The second kappa shape index (κ2) is 5.98. The van der Waals surface area contributed by atoms with E-state index in [1.165, 1.54) is 0 Å². The smallest absolute Gasteiger partial charge is 0.235 e. The van der Waals surface area contributed by atoms with E-state index in [0.717, 1.165) is 18.5 Å². The van der Waals surface area contributed by atoms with Crippen LogP contribution < -0.4 is 10.0 Å². The summed E-state index contributed by atoms with van der Waals surface area (Å²) in [6.45, 7) is 0.322. The molecule has 1 aliphatic carbocycles. The first-order valence-electron chi connectivity index (χ1n) is 6.11. The number of hydrogen-bond donors (Lipinski definition) is 3. The van der Waals surface area contributed by atoms with Gasteiger partial charge in [0.1, 0.15) is 0 Å². The third kappa shape index (κ3) is 4.26. The lowest BCUT2D eigenvalue weighted by Crippen LogP contribution is -2.21. The maximum atomic E-state index is 11.8. The van der Waals surface area contributed by atoms with Gasteiger partial charge in [-0.2, -0.15) is 0 Å². The molecule has 1 atom stereocenters. The molecule has 2 rings (SSSR count). The van der Waals surface area contributed by atoms with Crippen molar-refractivity contribution in [1.82, 2.24) is 0 Å². The molecule has 106 valence electrons. The van der Waals surface area contributed by atoms with Gasteiger partial charge in [-0.15, -0.1) is 11.6 Å². The summed E-state index contributed by atoms with van der Waals surface area (Å²) < 4.78 is 26.2. The van der Waals surface area contributed by atoms with Crippen molar-refractivity contribution in [2.45, 2.75) is 24.2 Å². The van der Waals surface area contributed by atoms with E-state index in [-0.39, 0.29) is 11.1 Å². The van der Waals surface area contributed by atoms with Crippen LogP contribution in [0.25, 0.3) is 0 Å². The second-order valence-electron chi connectivity index (χ2n) is 4.62. The molecular formula is C12H17ClN2O3S. The summed E-state index contributed by atoms with van der Waals surface area (Å²) in [6, 6.07) is 6.94. The van der Waals surface area contributed by atoms with Gasteiger partial charge in [-0.05, 0) is 31.0 Å². The molecule has 1 aliphatic rings. The van der Waals surface area contributed by atoms with Crippen LogP contribution in [0.2, 0.25) is 0 Å². The zero-order valence-electron chi connectivity index (χ0n) is 10.3. The lowest BCUT2D eigenvalue weighted by Gasteiger charge is -2.12. The van der Waals surface area contributed by atoms with Crippen molar-refractivity contribution in [2.75, 3.05) is 22.5 Å². The summed E-state index contributed by atoms with van der Waals surface area (Å²) in [5, 5.41) is 12.1. The molecule has 0 heterocycles. The minimum absolute atomic E-state index is 0.154. The minimum Gasteiger partial charge on any atom is -0.390 e. The molecule has 1 unspecified atom stereocenters. The van der Waals surface area contributed by atoms with E-state index in [9.17, 15) is 13.5 Å². The predicted octanol–water partition coefficient (Wildman–Crippen LogP) is 1.60. The monoisotopic (exact) mass is 304 g/mol. The Morgan fingerprint density at radius 2 is 2.05 bits per heavy atom. The highest BCUT2D eigenvalue weighted by molar-refractivity contribution is 7.93. The Labute approximate surface area is 118 Å². The van der Waals surface area contributed by atoms with Gasteiger partial charge in [0.25, 0.3) is 0 Å². The molecule has 0 aromatic heterocycles. The van der Waals surface area contributed by atoms with E-state index in [4.69, 9.17) is 11.6 Å². The van der Waals surface area contributed by atoms with E-state index in [1.54, 1.807) is 24.3 Å². The van der Waals surface area contributed by atoms with Crippen LogP contribution in [0.15, 0.2) is 24.3 Å². The summed E-state index contributed by atoms with van der Waals surface area (Å²) in [4.78, 5) is 0.